The van der Waals surface area contributed by atoms with Gasteiger partial charge in [-0.25, -0.2) is 5.43 Å². The van der Waals surface area contributed by atoms with Gasteiger partial charge in [0.15, 0.2) is 5.76 Å². The lowest BCUT2D eigenvalue weighted by molar-refractivity contribution is -0.120. The van der Waals surface area contributed by atoms with Crippen molar-refractivity contribution < 1.29 is 14.0 Å². The number of aryl methyl sites for hydroxylation is 3. The number of fused-ring (bicyclic) bond motifs is 1. The Labute approximate surface area is 187 Å². The monoisotopic (exact) mass is 429 g/mol. The van der Waals surface area contributed by atoms with Crippen molar-refractivity contribution in [3.05, 3.63) is 87.9 Å². The van der Waals surface area contributed by atoms with Gasteiger partial charge in [-0.1, -0.05) is 36.4 Å². The number of anilines is 1. The van der Waals surface area contributed by atoms with Gasteiger partial charge in [-0.05, 0) is 62.4 Å². The highest BCUT2D eigenvalue weighted by molar-refractivity contribution is 6.09. The van der Waals surface area contributed by atoms with Crippen molar-refractivity contribution in [1.82, 2.24) is 5.43 Å². The average Bonchev–Trinajstić information content (AvgIpc) is 3.09. The Balaban J connectivity index is 1.52. The number of rotatable bonds is 5. The van der Waals surface area contributed by atoms with E-state index < -0.39 is 0 Å². The molecule has 6 heteroatoms. The number of furan rings is 1. The average molecular weight is 430 g/mol. The van der Waals surface area contributed by atoms with Crippen molar-refractivity contribution in [2.45, 2.75) is 46.5 Å². The van der Waals surface area contributed by atoms with E-state index in [4.69, 9.17) is 4.42 Å². The molecule has 0 unspecified atom stereocenters. The summed E-state index contributed by atoms with van der Waals surface area (Å²) in [5.41, 5.74) is 8.83. The van der Waals surface area contributed by atoms with Crippen LogP contribution in [-0.4, -0.2) is 17.5 Å². The minimum absolute atomic E-state index is 0.176. The predicted octanol–water partition coefficient (Wildman–Crippen LogP) is 4.86. The first-order chi connectivity index (χ1) is 15.4. The van der Waals surface area contributed by atoms with Gasteiger partial charge in [0.25, 0.3) is 5.91 Å². The predicted molar refractivity (Wildman–Crippen MR) is 125 cm³/mol. The standard InChI is InChI=1S/C26H27N3O3/c1-16-12-17(2)14-20(13-16)27-26(31)25-18(3)24-21(10-7-11-22(24)32-25)28-29-23(30)15-19-8-5-4-6-9-19/h4-6,8-9,12-14H,7,10-11,15H2,1-3H3,(H,27,31)(H,29,30)/b28-21+. The van der Waals surface area contributed by atoms with Gasteiger partial charge in [-0.15, -0.1) is 0 Å². The number of benzene rings is 2. The lowest BCUT2D eigenvalue weighted by atomic mass is 9.93. The van der Waals surface area contributed by atoms with Gasteiger partial charge < -0.3 is 9.73 Å². The Bertz CT molecular complexity index is 1170. The molecular weight excluding hydrogens is 402 g/mol. The topological polar surface area (TPSA) is 83.7 Å². The van der Waals surface area contributed by atoms with Gasteiger partial charge in [-0.2, -0.15) is 5.10 Å². The molecule has 32 heavy (non-hydrogen) atoms. The molecule has 4 rings (SSSR count). The number of amides is 2. The summed E-state index contributed by atoms with van der Waals surface area (Å²) in [5.74, 6) is 0.578. The minimum Gasteiger partial charge on any atom is -0.455 e. The Morgan fingerprint density at radius 1 is 1.00 bits per heavy atom. The molecule has 0 saturated heterocycles. The smallest absolute Gasteiger partial charge is 0.291 e. The van der Waals surface area contributed by atoms with Crippen LogP contribution in [0.1, 0.15) is 57.0 Å². The maximum absolute atomic E-state index is 12.9. The van der Waals surface area contributed by atoms with E-state index in [0.717, 1.165) is 64.2 Å². The summed E-state index contributed by atoms with van der Waals surface area (Å²) in [6.45, 7) is 5.86. The Morgan fingerprint density at radius 3 is 2.44 bits per heavy atom. The van der Waals surface area contributed by atoms with Crippen LogP contribution < -0.4 is 10.7 Å². The zero-order valence-electron chi connectivity index (χ0n) is 18.6. The Hall–Kier alpha value is -3.67. The van der Waals surface area contributed by atoms with E-state index >= 15 is 0 Å². The van der Waals surface area contributed by atoms with Crippen LogP contribution in [0.4, 0.5) is 5.69 Å². The number of hydrazone groups is 1. The fraction of sp³-hybridized carbons (Fsp3) is 0.269. The van der Waals surface area contributed by atoms with Crippen LogP contribution in [0.15, 0.2) is 58.0 Å². The summed E-state index contributed by atoms with van der Waals surface area (Å²) in [5, 5.41) is 7.33. The maximum Gasteiger partial charge on any atom is 0.291 e. The molecule has 1 aliphatic rings. The molecule has 1 heterocycles. The number of carbonyl (C=O) groups is 2. The first-order valence-electron chi connectivity index (χ1n) is 10.8. The molecule has 0 saturated carbocycles. The molecule has 0 aliphatic heterocycles. The first kappa shape index (κ1) is 21.6. The van der Waals surface area contributed by atoms with Gasteiger partial charge in [0.05, 0.1) is 12.1 Å². The Kier molecular flexibility index (Phi) is 6.21. The molecule has 3 aromatic rings. The van der Waals surface area contributed by atoms with Gasteiger partial charge in [0.1, 0.15) is 5.76 Å². The zero-order valence-corrected chi connectivity index (χ0v) is 18.6. The maximum atomic E-state index is 12.9. The third kappa shape index (κ3) is 4.80. The van der Waals surface area contributed by atoms with E-state index in [2.05, 4.69) is 21.9 Å². The van der Waals surface area contributed by atoms with E-state index in [0.29, 0.717) is 5.76 Å². The highest BCUT2D eigenvalue weighted by Crippen LogP contribution is 2.30. The molecule has 0 spiro atoms. The van der Waals surface area contributed by atoms with Crippen LogP contribution in [0, 0.1) is 20.8 Å². The van der Waals surface area contributed by atoms with Crippen molar-refractivity contribution in [2.24, 2.45) is 5.10 Å². The summed E-state index contributed by atoms with van der Waals surface area (Å²) in [7, 11) is 0. The molecule has 0 atom stereocenters. The molecule has 1 aromatic heterocycles. The molecule has 6 nitrogen and oxygen atoms in total. The lowest BCUT2D eigenvalue weighted by Gasteiger charge is -2.13. The van der Waals surface area contributed by atoms with Gasteiger partial charge in [0.2, 0.25) is 5.91 Å². The summed E-state index contributed by atoms with van der Waals surface area (Å²) in [6.07, 6.45) is 2.57. The first-order valence-corrected chi connectivity index (χ1v) is 10.8. The highest BCUT2D eigenvalue weighted by Gasteiger charge is 2.28. The van der Waals surface area contributed by atoms with Gasteiger partial charge in [0, 0.05) is 23.2 Å². The normalized spacial score (nSPS) is 14.2. The largest absolute Gasteiger partial charge is 0.455 e. The molecular formula is C26H27N3O3. The summed E-state index contributed by atoms with van der Waals surface area (Å²) in [6, 6.07) is 15.5. The fourth-order valence-corrected chi connectivity index (χ4v) is 4.18. The lowest BCUT2D eigenvalue weighted by Crippen LogP contribution is -2.23. The number of hydrogen-bond acceptors (Lipinski definition) is 4. The molecule has 2 aromatic carbocycles. The summed E-state index contributed by atoms with van der Waals surface area (Å²) in [4.78, 5) is 25.3. The second-order valence-electron chi connectivity index (χ2n) is 8.29. The van der Waals surface area contributed by atoms with Crippen LogP contribution in [0.3, 0.4) is 0 Å². The van der Waals surface area contributed by atoms with Gasteiger partial charge in [-0.3, -0.25) is 9.59 Å². The molecule has 1 aliphatic carbocycles. The van der Waals surface area contributed by atoms with Crippen molar-refractivity contribution in [3.8, 4) is 0 Å². The second-order valence-corrected chi connectivity index (χ2v) is 8.29. The third-order valence-electron chi connectivity index (χ3n) is 5.53. The van der Waals surface area contributed by atoms with Crippen molar-refractivity contribution in [3.63, 3.8) is 0 Å². The minimum atomic E-state index is -0.283. The molecule has 0 bridgehead atoms. The summed E-state index contributed by atoms with van der Waals surface area (Å²) < 4.78 is 5.96. The quantitative estimate of drug-likeness (QED) is 0.568. The van der Waals surface area contributed by atoms with E-state index in [9.17, 15) is 9.59 Å². The van der Waals surface area contributed by atoms with Crippen molar-refractivity contribution >= 4 is 23.2 Å². The molecule has 0 fully saturated rings. The van der Waals surface area contributed by atoms with E-state index in [-0.39, 0.29) is 18.2 Å². The highest BCUT2D eigenvalue weighted by atomic mass is 16.4. The van der Waals surface area contributed by atoms with E-state index in [1.54, 1.807) is 0 Å². The van der Waals surface area contributed by atoms with Crippen molar-refractivity contribution in [1.29, 1.82) is 0 Å². The van der Waals surface area contributed by atoms with Crippen LogP contribution >= 0.6 is 0 Å². The van der Waals surface area contributed by atoms with Gasteiger partial charge >= 0.3 is 0 Å². The third-order valence-corrected chi connectivity index (χ3v) is 5.53. The zero-order chi connectivity index (χ0) is 22.7. The van der Waals surface area contributed by atoms with E-state index in [1.807, 2.05) is 63.2 Å². The molecule has 0 radical (unpaired) electrons. The second kappa shape index (κ2) is 9.22. The Morgan fingerprint density at radius 2 is 1.72 bits per heavy atom. The van der Waals surface area contributed by atoms with Crippen LogP contribution in [0.5, 0.6) is 0 Å². The van der Waals surface area contributed by atoms with Crippen LogP contribution in [0.2, 0.25) is 0 Å². The molecule has 164 valence electrons. The van der Waals surface area contributed by atoms with Crippen LogP contribution in [-0.2, 0) is 17.6 Å². The number of nitrogens with one attached hydrogen (secondary N) is 2. The molecule has 2 N–H and O–H groups in total. The summed E-state index contributed by atoms with van der Waals surface area (Å²) >= 11 is 0. The fourth-order valence-electron chi connectivity index (χ4n) is 4.18. The number of nitrogens with zero attached hydrogens (tertiary/aromatic N) is 1. The SMILES string of the molecule is Cc1cc(C)cc(NC(=O)c2oc3c(c2C)/C(=N/NC(=O)Cc2ccccc2)CCC3)c1. The number of hydrogen-bond donors (Lipinski definition) is 2. The van der Waals surface area contributed by atoms with E-state index in [1.165, 1.54) is 0 Å². The number of carbonyl (C=O) groups excluding carboxylic acids is 2. The van der Waals surface area contributed by atoms with Crippen LogP contribution in [0.25, 0.3) is 0 Å². The molecule has 2 amide bonds. The van der Waals surface area contributed by atoms with Crippen molar-refractivity contribution in [2.75, 3.05) is 5.32 Å².